The molecular weight excluding hydrogens is 322 g/mol. The van der Waals surface area contributed by atoms with E-state index in [-0.39, 0.29) is 18.6 Å². The molecule has 1 aliphatic carbocycles. The number of nitrogens with one attached hydrogen (secondary N) is 1. The Morgan fingerprint density at radius 3 is 2.69 bits per heavy atom. The van der Waals surface area contributed by atoms with Crippen LogP contribution in [0.5, 0.6) is 5.75 Å². The maximum absolute atomic E-state index is 12.3. The van der Waals surface area contributed by atoms with Crippen LogP contribution in [-0.4, -0.2) is 12.5 Å². The van der Waals surface area contributed by atoms with Crippen LogP contribution in [-0.2, 0) is 17.6 Å². The standard InChI is InChI=1S/C23H23NO2/c1-16(19-10-9-18-7-4-8-20(18)13-19)24-23(25)15-26-22-12-11-17-5-2-3-6-21(17)14-22/h2-3,5-6,9-14,16H,4,7-8,15H2,1H3,(H,24,25)/t16-/m1/s1. The van der Waals surface area contributed by atoms with Crippen molar-refractivity contribution in [2.24, 2.45) is 0 Å². The number of amides is 1. The van der Waals surface area contributed by atoms with Crippen molar-refractivity contribution in [3.8, 4) is 5.75 Å². The average molecular weight is 345 g/mol. The minimum absolute atomic E-state index is 0.0198. The molecule has 1 N–H and O–H groups in total. The molecular formula is C23H23NO2. The van der Waals surface area contributed by atoms with Crippen molar-refractivity contribution >= 4 is 16.7 Å². The largest absolute Gasteiger partial charge is 0.484 e. The fourth-order valence-corrected chi connectivity index (χ4v) is 3.63. The summed E-state index contributed by atoms with van der Waals surface area (Å²) in [5.41, 5.74) is 4.03. The van der Waals surface area contributed by atoms with E-state index in [0.29, 0.717) is 5.75 Å². The highest BCUT2D eigenvalue weighted by Crippen LogP contribution is 2.25. The molecule has 0 bridgehead atoms. The Morgan fingerprint density at radius 1 is 1.00 bits per heavy atom. The van der Waals surface area contributed by atoms with Gasteiger partial charge in [-0.15, -0.1) is 0 Å². The molecule has 0 aromatic heterocycles. The molecule has 4 rings (SSSR count). The average Bonchev–Trinajstić information content (AvgIpc) is 3.14. The Balaban J connectivity index is 1.35. The molecule has 132 valence electrons. The molecule has 3 nitrogen and oxygen atoms in total. The number of fused-ring (bicyclic) bond motifs is 2. The predicted octanol–water partition coefficient (Wildman–Crippen LogP) is 4.58. The first-order chi connectivity index (χ1) is 12.7. The van der Waals surface area contributed by atoms with E-state index in [2.05, 4.69) is 29.6 Å². The summed E-state index contributed by atoms with van der Waals surface area (Å²) in [5, 5.41) is 5.30. The quantitative estimate of drug-likeness (QED) is 0.735. The molecule has 3 heteroatoms. The molecule has 0 saturated carbocycles. The van der Waals surface area contributed by atoms with E-state index in [1.165, 1.54) is 24.0 Å². The fraction of sp³-hybridized carbons (Fsp3) is 0.261. The number of ether oxygens (including phenoxy) is 1. The third kappa shape index (κ3) is 3.57. The molecule has 0 heterocycles. The van der Waals surface area contributed by atoms with Crippen molar-refractivity contribution in [3.63, 3.8) is 0 Å². The summed E-state index contributed by atoms with van der Waals surface area (Å²) in [6.45, 7) is 2.04. The lowest BCUT2D eigenvalue weighted by molar-refractivity contribution is -0.123. The smallest absolute Gasteiger partial charge is 0.258 e. The summed E-state index contributed by atoms with van der Waals surface area (Å²) in [6.07, 6.45) is 3.56. The maximum atomic E-state index is 12.3. The van der Waals surface area contributed by atoms with Gasteiger partial charge in [0.05, 0.1) is 6.04 Å². The lowest BCUT2D eigenvalue weighted by Crippen LogP contribution is -2.31. The maximum Gasteiger partial charge on any atom is 0.258 e. The van der Waals surface area contributed by atoms with Gasteiger partial charge in [0, 0.05) is 0 Å². The molecule has 1 aliphatic rings. The zero-order chi connectivity index (χ0) is 17.9. The highest BCUT2D eigenvalue weighted by atomic mass is 16.5. The summed E-state index contributed by atoms with van der Waals surface area (Å²) < 4.78 is 5.67. The van der Waals surface area contributed by atoms with E-state index in [1.807, 2.05) is 43.3 Å². The second-order valence-corrected chi connectivity index (χ2v) is 6.97. The molecule has 1 amide bonds. The van der Waals surface area contributed by atoms with Crippen molar-refractivity contribution in [2.45, 2.75) is 32.2 Å². The molecule has 0 saturated heterocycles. The Labute approximate surface area is 154 Å². The van der Waals surface area contributed by atoms with Crippen LogP contribution in [0.4, 0.5) is 0 Å². The molecule has 0 unspecified atom stereocenters. The van der Waals surface area contributed by atoms with Crippen LogP contribution < -0.4 is 10.1 Å². The van der Waals surface area contributed by atoms with Crippen molar-refractivity contribution in [3.05, 3.63) is 77.4 Å². The summed E-state index contributed by atoms with van der Waals surface area (Å²) in [5.74, 6) is 0.607. The third-order valence-corrected chi connectivity index (χ3v) is 5.09. The Bertz CT molecular complexity index is 948. The third-order valence-electron chi connectivity index (χ3n) is 5.09. The molecule has 0 radical (unpaired) electrons. The van der Waals surface area contributed by atoms with Gasteiger partial charge in [0.2, 0.25) is 0 Å². The lowest BCUT2D eigenvalue weighted by atomic mass is 10.0. The summed E-state index contributed by atoms with van der Waals surface area (Å²) in [4.78, 5) is 12.3. The number of hydrogen-bond acceptors (Lipinski definition) is 2. The van der Waals surface area contributed by atoms with Crippen LogP contribution >= 0.6 is 0 Å². The molecule has 3 aromatic carbocycles. The number of aryl methyl sites for hydroxylation is 2. The molecule has 0 fully saturated rings. The predicted molar refractivity (Wildman–Crippen MR) is 104 cm³/mol. The topological polar surface area (TPSA) is 38.3 Å². The lowest BCUT2D eigenvalue weighted by Gasteiger charge is -2.16. The summed E-state index contributed by atoms with van der Waals surface area (Å²) in [6, 6.07) is 20.5. The Hall–Kier alpha value is -2.81. The van der Waals surface area contributed by atoms with Gasteiger partial charge >= 0.3 is 0 Å². The SMILES string of the molecule is C[C@@H](NC(=O)COc1ccc2ccccc2c1)c1ccc2c(c1)CCC2. The molecule has 26 heavy (non-hydrogen) atoms. The molecule has 1 atom stereocenters. The minimum atomic E-state index is -0.105. The highest BCUT2D eigenvalue weighted by Gasteiger charge is 2.15. The fourth-order valence-electron chi connectivity index (χ4n) is 3.63. The van der Waals surface area contributed by atoms with Gasteiger partial charge in [-0.05, 0) is 65.8 Å². The van der Waals surface area contributed by atoms with E-state index in [4.69, 9.17) is 4.74 Å². The van der Waals surface area contributed by atoms with Gasteiger partial charge < -0.3 is 10.1 Å². The van der Waals surface area contributed by atoms with Gasteiger partial charge in [-0.1, -0.05) is 48.5 Å². The van der Waals surface area contributed by atoms with Crippen molar-refractivity contribution in [1.82, 2.24) is 5.32 Å². The number of hydrogen-bond donors (Lipinski definition) is 1. The first-order valence-corrected chi connectivity index (χ1v) is 9.22. The van der Waals surface area contributed by atoms with Crippen LogP contribution in [0.2, 0.25) is 0 Å². The van der Waals surface area contributed by atoms with E-state index in [1.54, 1.807) is 0 Å². The number of carbonyl (C=O) groups is 1. The van der Waals surface area contributed by atoms with Crippen LogP contribution in [0.1, 0.15) is 36.1 Å². The van der Waals surface area contributed by atoms with Crippen LogP contribution in [0, 0.1) is 0 Å². The van der Waals surface area contributed by atoms with Crippen LogP contribution in [0.15, 0.2) is 60.7 Å². The van der Waals surface area contributed by atoms with Crippen molar-refractivity contribution < 1.29 is 9.53 Å². The first kappa shape index (κ1) is 16.6. The van der Waals surface area contributed by atoms with Gasteiger partial charge in [-0.25, -0.2) is 0 Å². The number of carbonyl (C=O) groups excluding carboxylic acids is 1. The van der Waals surface area contributed by atoms with Crippen molar-refractivity contribution in [1.29, 1.82) is 0 Å². The van der Waals surface area contributed by atoms with Gasteiger partial charge in [0.25, 0.3) is 5.91 Å². The van der Waals surface area contributed by atoms with Gasteiger partial charge in [0.15, 0.2) is 6.61 Å². The second kappa shape index (κ2) is 7.20. The normalized spacial score (nSPS) is 14.0. The molecule has 3 aromatic rings. The van der Waals surface area contributed by atoms with Gasteiger partial charge in [-0.2, -0.15) is 0 Å². The van der Waals surface area contributed by atoms with Crippen LogP contribution in [0.25, 0.3) is 10.8 Å². The van der Waals surface area contributed by atoms with E-state index < -0.39 is 0 Å². The first-order valence-electron chi connectivity index (χ1n) is 9.22. The van der Waals surface area contributed by atoms with E-state index in [0.717, 1.165) is 22.8 Å². The minimum Gasteiger partial charge on any atom is -0.484 e. The van der Waals surface area contributed by atoms with Crippen LogP contribution in [0.3, 0.4) is 0 Å². The summed E-state index contributed by atoms with van der Waals surface area (Å²) >= 11 is 0. The zero-order valence-corrected chi connectivity index (χ0v) is 15.0. The highest BCUT2D eigenvalue weighted by molar-refractivity contribution is 5.84. The summed E-state index contributed by atoms with van der Waals surface area (Å²) in [7, 11) is 0. The monoisotopic (exact) mass is 345 g/mol. The van der Waals surface area contributed by atoms with E-state index >= 15 is 0 Å². The second-order valence-electron chi connectivity index (χ2n) is 6.97. The Morgan fingerprint density at radius 2 is 1.81 bits per heavy atom. The number of rotatable bonds is 5. The number of benzene rings is 3. The van der Waals surface area contributed by atoms with Gasteiger partial charge in [-0.3, -0.25) is 4.79 Å². The van der Waals surface area contributed by atoms with Crippen molar-refractivity contribution in [2.75, 3.05) is 6.61 Å². The Kier molecular flexibility index (Phi) is 4.61. The van der Waals surface area contributed by atoms with E-state index in [9.17, 15) is 4.79 Å². The zero-order valence-electron chi connectivity index (χ0n) is 15.0. The molecule has 0 aliphatic heterocycles. The molecule has 0 spiro atoms. The van der Waals surface area contributed by atoms with Gasteiger partial charge in [0.1, 0.15) is 5.75 Å².